The van der Waals surface area contributed by atoms with E-state index in [9.17, 15) is 9.90 Å². The van der Waals surface area contributed by atoms with Crippen LogP contribution in [0.4, 0.5) is 0 Å². The van der Waals surface area contributed by atoms with Gasteiger partial charge >= 0.3 is 5.97 Å². The van der Waals surface area contributed by atoms with Crippen molar-refractivity contribution in [1.29, 1.82) is 0 Å². The maximum Gasteiger partial charge on any atom is 0.330 e. The smallest absolute Gasteiger partial charge is 0.330 e. The zero-order chi connectivity index (χ0) is 24.2. The number of carbonyl (C=O) groups excluding carboxylic acids is 1. The number of ether oxygens (including phenoxy) is 1. The first-order valence-corrected chi connectivity index (χ1v) is 12.2. The minimum atomic E-state index is -0.278. The Morgan fingerprint density at radius 3 is 2.12 bits per heavy atom. The van der Waals surface area contributed by atoms with Crippen molar-refractivity contribution < 1.29 is 19.7 Å². The van der Waals surface area contributed by atoms with E-state index in [0.29, 0.717) is 17.4 Å². The van der Waals surface area contributed by atoms with E-state index in [1.54, 1.807) is 13.0 Å². The van der Waals surface area contributed by atoms with Gasteiger partial charge in [0, 0.05) is 18.1 Å². The van der Waals surface area contributed by atoms with Crippen LogP contribution in [0.3, 0.4) is 0 Å². The Kier molecular flexibility index (Phi) is 6.18. The van der Waals surface area contributed by atoms with Crippen LogP contribution < -0.4 is 0 Å². The molecule has 180 valence electrons. The van der Waals surface area contributed by atoms with Crippen LogP contribution in [0.2, 0.25) is 0 Å². The molecule has 32 heavy (non-hydrogen) atoms. The fourth-order valence-corrected chi connectivity index (χ4v) is 8.21. The second kappa shape index (κ2) is 7.84. The van der Waals surface area contributed by atoms with Crippen molar-refractivity contribution in [3.8, 4) is 0 Å². The van der Waals surface area contributed by atoms with Crippen LogP contribution in [0.25, 0.3) is 0 Å². The molecular formula is C28H44O4. The van der Waals surface area contributed by atoms with E-state index in [1.807, 2.05) is 12.2 Å². The first-order valence-electron chi connectivity index (χ1n) is 12.2. The number of aliphatic hydroxyl groups is 2. The molecule has 2 N–H and O–H groups in total. The topological polar surface area (TPSA) is 66.8 Å². The Labute approximate surface area is 194 Å². The van der Waals surface area contributed by atoms with Gasteiger partial charge in [-0.05, 0) is 65.6 Å². The van der Waals surface area contributed by atoms with E-state index < -0.39 is 0 Å². The quantitative estimate of drug-likeness (QED) is 0.324. The lowest BCUT2D eigenvalue weighted by atomic mass is 9.38. The van der Waals surface area contributed by atoms with Gasteiger partial charge in [-0.25, -0.2) is 4.79 Å². The number of rotatable bonds is 6. The largest absolute Gasteiger partial charge is 0.463 e. The van der Waals surface area contributed by atoms with Gasteiger partial charge in [-0.2, -0.15) is 0 Å². The molecule has 0 heterocycles. The van der Waals surface area contributed by atoms with Gasteiger partial charge < -0.3 is 14.9 Å². The molecule has 4 nitrogen and oxygen atoms in total. The lowest BCUT2D eigenvalue weighted by molar-refractivity contribution is -0.183. The molecule has 6 aliphatic rings. The number of aliphatic hydroxyl groups excluding tert-OH is 2. The molecule has 0 aliphatic heterocycles. The van der Waals surface area contributed by atoms with E-state index in [-0.39, 0.29) is 46.8 Å². The molecule has 2 unspecified atom stereocenters. The van der Waals surface area contributed by atoms with Crippen LogP contribution in [-0.2, 0) is 9.53 Å². The average molecular weight is 445 g/mol. The summed E-state index contributed by atoms with van der Waals surface area (Å²) in [4.78, 5) is 11.5. The van der Waals surface area contributed by atoms with E-state index in [0.717, 1.165) is 12.8 Å². The fourth-order valence-electron chi connectivity index (χ4n) is 8.21. The van der Waals surface area contributed by atoms with Crippen LogP contribution in [-0.4, -0.2) is 36.0 Å². The fraction of sp³-hybridized carbons (Fsp3) is 0.750. The van der Waals surface area contributed by atoms with E-state index in [4.69, 9.17) is 9.84 Å². The second-order valence-corrected chi connectivity index (χ2v) is 11.9. The highest BCUT2D eigenvalue weighted by atomic mass is 16.5. The minimum Gasteiger partial charge on any atom is -0.463 e. The summed E-state index contributed by atoms with van der Waals surface area (Å²) >= 11 is 0. The molecule has 0 radical (unpaired) electrons. The highest BCUT2D eigenvalue weighted by Gasteiger charge is 2.76. The maximum absolute atomic E-state index is 11.5. The lowest BCUT2D eigenvalue weighted by Crippen LogP contribution is -2.63. The van der Waals surface area contributed by atoms with E-state index in [2.05, 4.69) is 54.2 Å². The first-order chi connectivity index (χ1) is 14.8. The number of hydrogen-bond donors (Lipinski definition) is 2. The number of carbonyl (C=O) groups is 1. The molecule has 5 atom stereocenters. The van der Waals surface area contributed by atoms with Gasteiger partial charge in [-0.15, -0.1) is 0 Å². The summed E-state index contributed by atoms with van der Waals surface area (Å²) in [7, 11) is 0. The van der Waals surface area contributed by atoms with Crippen molar-refractivity contribution in [1.82, 2.24) is 0 Å². The third kappa shape index (κ3) is 2.78. The monoisotopic (exact) mass is 444 g/mol. The van der Waals surface area contributed by atoms with Gasteiger partial charge in [0.1, 0.15) is 0 Å². The van der Waals surface area contributed by atoms with Crippen molar-refractivity contribution in [2.45, 2.75) is 74.1 Å². The van der Waals surface area contributed by atoms with Crippen LogP contribution in [0.15, 0.2) is 36.5 Å². The molecule has 0 saturated heterocycles. The van der Waals surface area contributed by atoms with Gasteiger partial charge in [0.05, 0.1) is 13.2 Å². The van der Waals surface area contributed by atoms with Crippen LogP contribution in [0.5, 0.6) is 0 Å². The lowest BCUT2D eigenvalue weighted by Gasteiger charge is -2.66. The standard InChI is InChI=1S/C15H24O3.C13H20O/c1-5-18-12(17)6-7-15-9-8-14(4,11(15)10-16)13(15,2)3;1-10-12(4)7-8-13(10,6-5-9-14)11(12,2)3/h6-7,11,16H,5,8-10H2,1-4H3;5-6,14H,1,7-9H2,2-4H3/b7-6+;6-5+/t11-,14+,15?;12-,13?/m01/s1. The molecule has 4 bridgehead atoms. The van der Waals surface area contributed by atoms with Gasteiger partial charge in [-0.3, -0.25) is 0 Å². The number of esters is 1. The molecule has 0 aromatic rings. The Hall–Kier alpha value is -1.39. The zero-order valence-electron chi connectivity index (χ0n) is 21.3. The predicted octanol–water partition coefficient (Wildman–Crippen LogP) is 5.46. The summed E-state index contributed by atoms with van der Waals surface area (Å²) in [6.07, 6.45) is 12.2. The average Bonchev–Trinajstić information content (AvgIpc) is 3.35. The van der Waals surface area contributed by atoms with Crippen molar-refractivity contribution >= 4 is 5.97 Å². The van der Waals surface area contributed by atoms with Crippen molar-refractivity contribution in [3.63, 3.8) is 0 Å². The zero-order valence-corrected chi connectivity index (χ0v) is 21.3. The van der Waals surface area contributed by atoms with Gasteiger partial charge in [-0.1, -0.05) is 71.9 Å². The van der Waals surface area contributed by atoms with Crippen molar-refractivity contribution in [2.75, 3.05) is 19.8 Å². The Balaban J connectivity index is 0.000000186. The summed E-state index contributed by atoms with van der Waals surface area (Å²) in [6.45, 7) is 20.5. The molecule has 0 amide bonds. The SMILES string of the molecule is C=C1C2(/C=C/CO)CC[C@@]1(C)C2(C)C.CCOC(=O)/C=C/C12CC[C@](C)([C@@H]1CO)C2(C)C. The third-order valence-electron chi connectivity index (χ3n) is 11.3. The molecule has 6 saturated carbocycles. The summed E-state index contributed by atoms with van der Waals surface area (Å²) < 4.78 is 4.94. The van der Waals surface area contributed by atoms with Gasteiger partial charge in [0.2, 0.25) is 0 Å². The van der Waals surface area contributed by atoms with Gasteiger partial charge in [0.25, 0.3) is 0 Å². The highest BCUT2D eigenvalue weighted by molar-refractivity contribution is 5.82. The summed E-state index contributed by atoms with van der Waals surface area (Å²) in [6, 6.07) is 0. The number of fused-ring (bicyclic) bond motifs is 2. The van der Waals surface area contributed by atoms with E-state index >= 15 is 0 Å². The number of hydrogen-bond acceptors (Lipinski definition) is 4. The molecule has 0 aromatic carbocycles. The Morgan fingerprint density at radius 2 is 1.69 bits per heavy atom. The molecule has 6 fully saturated rings. The molecule has 0 aromatic heterocycles. The molecular weight excluding hydrogens is 400 g/mol. The van der Waals surface area contributed by atoms with Crippen LogP contribution in [0.1, 0.15) is 74.1 Å². The Morgan fingerprint density at radius 1 is 1.03 bits per heavy atom. The summed E-state index contributed by atoms with van der Waals surface area (Å²) in [5.74, 6) is -0.00876. The van der Waals surface area contributed by atoms with Crippen LogP contribution in [0, 0.1) is 38.4 Å². The summed E-state index contributed by atoms with van der Waals surface area (Å²) in [5, 5.41) is 18.5. The highest BCUT2D eigenvalue weighted by Crippen LogP contribution is 2.81. The molecule has 4 heteroatoms. The molecule has 6 aliphatic carbocycles. The third-order valence-corrected chi connectivity index (χ3v) is 11.3. The summed E-state index contributed by atoms with van der Waals surface area (Å²) in [5.41, 5.74) is 2.47. The number of allylic oxidation sites excluding steroid dienone is 3. The van der Waals surface area contributed by atoms with Crippen molar-refractivity contribution in [3.05, 3.63) is 36.5 Å². The van der Waals surface area contributed by atoms with E-state index in [1.165, 1.54) is 18.4 Å². The minimum absolute atomic E-state index is 0.0384. The first kappa shape index (κ1) is 25.2. The van der Waals surface area contributed by atoms with Crippen molar-refractivity contribution in [2.24, 2.45) is 38.4 Å². The van der Waals surface area contributed by atoms with Crippen LogP contribution >= 0.6 is 0 Å². The Bertz CT molecular complexity index is 836. The van der Waals surface area contributed by atoms with Gasteiger partial charge in [0.15, 0.2) is 0 Å². The maximum atomic E-state index is 11.5. The molecule has 6 rings (SSSR count). The molecule has 0 spiro atoms. The predicted molar refractivity (Wildman–Crippen MR) is 129 cm³/mol. The normalized spacial score (nSPS) is 42.4. The second-order valence-electron chi connectivity index (χ2n) is 11.9.